The molecular formula is C14H16ClN3OS3. The fourth-order valence-corrected chi connectivity index (χ4v) is 4.84. The first-order chi connectivity index (χ1) is 10.5. The Bertz CT molecular complexity index is 663. The Labute approximate surface area is 147 Å². The summed E-state index contributed by atoms with van der Waals surface area (Å²) >= 11 is 10.6. The van der Waals surface area contributed by atoms with Gasteiger partial charge in [0.15, 0.2) is 8.68 Å². The number of thioether (sulfide) groups is 2. The van der Waals surface area contributed by atoms with Crippen molar-refractivity contribution in [1.29, 1.82) is 0 Å². The number of nitrogens with zero attached hydrogens (tertiary/aromatic N) is 2. The number of anilines is 1. The molecule has 0 radical (unpaired) electrons. The molecule has 2 aromatic rings. The Morgan fingerprint density at radius 2 is 2.14 bits per heavy atom. The zero-order valence-corrected chi connectivity index (χ0v) is 15.6. The van der Waals surface area contributed by atoms with E-state index in [0.29, 0.717) is 5.02 Å². The zero-order chi connectivity index (χ0) is 16.1. The normalized spacial score (nSPS) is 12.2. The molecule has 1 heterocycles. The summed E-state index contributed by atoms with van der Waals surface area (Å²) in [6.07, 6.45) is 0. The van der Waals surface area contributed by atoms with Crippen molar-refractivity contribution in [1.82, 2.24) is 10.2 Å². The second-order valence-corrected chi connectivity index (χ2v) is 8.91. The van der Waals surface area contributed by atoms with Crippen LogP contribution in [0.3, 0.4) is 0 Å². The monoisotopic (exact) mass is 373 g/mol. The lowest BCUT2D eigenvalue weighted by Gasteiger charge is -2.12. The number of rotatable bonds is 6. The van der Waals surface area contributed by atoms with Gasteiger partial charge in [0.1, 0.15) is 0 Å². The van der Waals surface area contributed by atoms with Gasteiger partial charge in [-0.2, -0.15) is 0 Å². The van der Waals surface area contributed by atoms with Crippen LogP contribution in [0.2, 0.25) is 5.02 Å². The topological polar surface area (TPSA) is 54.9 Å². The second kappa shape index (κ2) is 8.19. The van der Waals surface area contributed by atoms with Crippen LogP contribution < -0.4 is 5.32 Å². The van der Waals surface area contributed by atoms with E-state index in [4.69, 9.17) is 11.6 Å². The van der Waals surface area contributed by atoms with Gasteiger partial charge in [0.2, 0.25) is 5.91 Å². The fourth-order valence-electron chi connectivity index (χ4n) is 1.61. The van der Waals surface area contributed by atoms with Crippen LogP contribution >= 0.6 is 46.5 Å². The minimum atomic E-state index is -0.259. The third-order valence-electron chi connectivity index (χ3n) is 2.83. The van der Waals surface area contributed by atoms with Crippen molar-refractivity contribution >= 4 is 58.1 Å². The van der Waals surface area contributed by atoms with Crippen molar-refractivity contribution in [3.8, 4) is 0 Å². The lowest BCUT2D eigenvalue weighted by molar-refractivity contribution is -0.115. The highest BCUT2D eigenvalue weighted by Gasteiger charge is 2.18. The van der Waals surface area contributed by atoms with E-state index in [2.05, 4.69) is 22.4 Å². The van der Waals surface area contributed by atoms with E-state index < -0.39 is 0 Å². The summed E-state index contributed by atoms with van der Waals surface area (Å²) in [6.45, 7) is 5.81. The maximum atomic E-state index is 12.3. The summed E-state index contributed by atoms with van der Waals surface area (Å²) in [7, 11) is 0. The van der Waals surface area contributed by atoms with Crippen LogP contribution in [-0.2, 0) is 4.79 Å². The van der Waals surface area contributed by atoms with Gasteiger partial charge in [-0.05, 0) is 37.3 Å². The van der Waals surface area contributed by atoms with Crippen molar-refractivity contribution in [2.24, 2.45) is 0 Å². The third kappa shape index (κ3) is 4.62. The van der Waals surface area contributed by atoms with E-state index >= 15 is 0 Å². The molecule has 0 aliphatic rings. The molecule has 118 valence electrons. The lowest BCUT2D eigenvalue weighted by atomic mass is 10.2. The standard InChI is InChI=1S/C14H16ClN3OS3/c1-4-20-13-17-18-14(22-13)21-9(3)12(19)16-11-7-5-6-10(15)8(11)2/h5-7,9H,4H2,1-3H3,(H,16,19)/t9-/m0/s1. The van der Waals surface area contributed by atoms with E-state index in [9.17, 15) is 4.79 Å². The summed E-state index contributed by atoms with van der Waals surface area (Å²) in [5, 5.41) is 11.5. The Morgan fingerprint density at radius 3 is 2.86 bits per heavy atom. The number of aromatic nitrogens is 2. The van der Waals surface area contributed by atoms with Gasteiger partial charge in [0.05, 0.1) is 5.25 Å². The molecule has 0 spiro atoms. The van der Waals surface area contributed by atoms with Crippen molar-refractivity contribution in [3.63, 3.8) is 0 Å². The molecule has 8 heteroatoms. The van der Waals surface area contributed by atoms with Crippen LogP contribution in [0.25, 0.3) is 0 Å². The molecule has 0 saturated carbocycles. The predicted octanol–water partition coefficient (Wildman–Crippen LogP) is 4.73. The maximum absolute atomic E-state index is 12.3. The molecule has 1 atom stereocenters. The van der Waals surface area contributed by atoms with Gasteiger partial charge in [-0.25, -0.2) is 0 Å². The summed E-state index contributed by atoms with van der Waals surface area (Å²) in [5.74, 6) is 0.888. The Morgan fingerprint density at radius 1 is 1.41 bits per heavy atom. The van der Waals surface area contributed by atoms with Crippen LogP contribution in [0.1, 0.15) is 19.4 Å². The van der Waals surface area contributed by atoms with E-state index in [1.165, 1.54) is 23.1 Å². The SMILES string of the molecule is CCSc1nnc(S[C@@H](C)C(=O)Nc2cccc(Cl)c2C)s1. The van der Waals surface area contributed by atoms with Crippen LogP contribution in [0.4, 0.5) is 5.69 Å². The first-order valence-corrected chi connectivity index (χ1v) is 9.76. The fraction of sp³-hybridized carbons (Fsp3) is 0.357. The van der Waals surface area contributed by atoms with E-state index in [1.807, 2.05) is 26.0 Å². The number of nitrogens with one attached hydrogen (secondary N) is 1. The minimum Gasteiger partial charge on any atom is -0.325 e. The Kier molecular flexibility index (Phi) is 6.55. The predicted molar refractivity (Wildman–Crippen MR) is 96.4 cm³/mol. The number of amides is 1. The van der Waals surface area contributed by atoms with Gasteiger partial charge in [-0.1, -0.05) is 59.5 Å². The second-order valence-electron chi connectivity index (χ2n) is 4.43. The third-order valence-corrected chi connectivity index (χ3v) is 6.36. The molecule has 1 amide bonds. The van der Waals surface area contributed by atoms with Crippen molar-refractivity contribution in [2.45, 2.75) is 34.7 Å². The molecule has 1 aromatic heterocycles. The van der Waals surface area contributed by atoms with E-state index in [-0.39, 0.29) is 11.2 Å². The average Bonchev–Trinajstić information content (AvgIpc) is 2.91. The van der Waals surface area contributed by atoms with E-state index in [0.717, 1.165) is 25.7 Å². The first kappa shape index (κ1) is 17.6. The first-order valence-electron chi connectivity index (χ1n) is 6.70. The Balaban J connectivity index is 1.98. The Hall–Kier alpha value is -0.760. The molecule has 0 fully saturated rings. The van der Waals surface area contributed by atoms with Crippen LogP contribution in [0, 0.1) is 6.92 Å². The van der Waals surface area contributed by atoms with Gasteiger partial charge in [0, 0.05) is 10.7 Å². The highest BCUT2D eigenvalue weighted by molar-refractivity contribution is 8.03. The van der Waals surface area contributed by atoms with Crippen molar-refractivity contribution < 1.29 is 4.79 Å². The summed E-state index contributed by atoms with van der Waals surface area (Å²) in [6, 6.07) is 5.47. The average molecular weight is 374 g/mol. The smallest absolute Gasteiger partial charge is 0.237 e. The maximum Gasteiger partial charge on any atom is 0.237 e. The van der Waals surface area contributed by atoms with Gasteiger partial charge < -0.3 is 5.32 Å². The molecule has 0 unspecified atom stereocenters. The molecular weight excluding hydrogens is 358 g/mol. The van der Waals surface area contributed by atoms with Crippen molar-refractivity contribution in [3.05, 3.63) is 28.8 Å². The molecule has 0 bridgehead atoms. The highest BCUT2D eigenvalue weighted by Crippen LogP contribution is 2.31. The molecule has 0 saturated heterocycles. The van der Waals surface area contributed by atoms with Crippen LogP contribution in [0.5, 0.6) is 0 Å². The molecule has 22 heavy (non-hydrogen) atoms. The molecule has 1 aromatic carbocycles. The van der Waals surface area contributed by atoms with Gasteiger partial charge >= 0.3 is 0 Å². The molecule has 1 N–H and O–H groups in total. The number of halogens is 1. The molecule has 2 rings (SSSR count). The molecule has 0 aliphatic carbocycles. The van der Waals surface area contributed by atoms with E-state index in [1.54, 1.807) is 17.8 Å². The summed E-state index contributed by atoms with van der Waals surface area (Å²) in [5.41, 5.74) is 1.61. The largest absolute Gasteiger partial charge is 0.325 e. The number of carbonyl (C=O) groups excluding carboxylic acids is 1. The van der Waals surface area contributed by atoms with Crippen LogP contribution in [-0.4, -0.2) is 27.1 Å². The van der Waals surface area contributed by atoms with Crippen LogP contribution in [0.15, 0.2) is 26.9 Å². The summed E-state index contributed by atoms with van der Waals surface area (Å²) < 4.78 is 1.74. The molecule has 4 nitrogen and oxygen atoms in total. The number of benzene rings is 1. The number of hydrogen-bond acceptors (Lipinski definition) is 6. The summed E-state index contributed by atoms with van der Waals surface area (Å²) in [4.78, 5) is 12.3. The quantitative estimate of drug-likeness (QED) is 0.741. The van der Waals surface area contributed by atoms with Gasteiger partial charge in [-0.15, -0.1) is 10.2 Å². The number of carbonyl (C=O) groups is 1. The van der Waals surface area contributed by atoms with Gasteiger partial charge in [0.25, 0.3) is 0 Å². The number of hydrogen-bond donors (Lipinski definition) is 1. The molecule has 0 aliphatic heterocycles. The van der Waals surface area contributed by atoms with Gasteiger partial charge in [-0.3, -0.25) is 4.79 Å². The highest BCUT2D eigenvalue weighted by atomic mass is 35.5. The zero-order valence-electron chi connectivity index (χ0n) is 12.4. The minimum absolute atomic E-state index is 0.0738. The lowest BCUT2D eigenvalue weighted by Crippen LogP contribution is -2.22. The van der Waals surface area contributed by atoms with Crippen molar-refractivity contribution in [2.75, 3.05) is 11.1 Å².